The van der Waals surface area contributed by atoms with E-state index in [4.69, 9.17) is 9.15 Å². The van der Waals surface area contributed by atoms with Crippen LogP contribution in [0.3, 0.4) is 0 Å². The molecule has 1 aliphatic rings. The van der Waals surface area contributed by atoms with Gasteiger partial charge in [-0.05, 0) is 43.3 Å². The Hall–Kier alpha value is -3.72. The van der Waals surface area contributed by atoms with E-state index in [-0.39, 0.29) is 29.5 Å². The van der Waals surface area contributed by atoms with Gasteiger partial charge in [0, 0.05) is 17.5 Å². The number of hydrogen-bond acceptors (Lipinski definition) is 7. The van der Waals surface area contributed by atoms with Crippen LogP contribution in [0, 0.1) is 0 Å². The van der Waals surface area contributed by atoms with Crippen molar-refractivity contribution >= 4 is 51.2 Å². The third kappa shape index (κ3) is 4.62. The Morgan fingerprint density at radius 1 is 1.12 bits per heavy atom. The first-order valence-electron chi connectivity index (χ1n) is 9.84. The van der Waals surface area contributed by atoms with Crippen molar-refractivity contribution in [1.29, 1.82) is 0 Å². The average molecular weight is 450 g/mol. The van der Waals surface area contributed by atoms with Gasteiger partial charge in [-0.15, -0.1) is 0 Å². The van der Waals surface area contributed by atoms with Gasteiger partial charge < -0.3 is 14.5 Å². The summed E-state index contributed by atoms with van der Waals surface area (Å²) >= 11 is 1.06. The van der Waals surface area contributed by atoms with Crippen LogP contribution in [0.4, 0.5) is 5.69 Å². The Kier molecular flexibility index (Phi) is 6.18. The number of benzene rings is 2. The molecule has 32 heavy (non-hydrogen) atoms. The Labute approximate surface area is 186 Å². The lowest BCUT2D eigenvalue weighted by Crippen LogP contribution is -2.21. The van der Waals surface area contributed by atoms with Gasteiger partial charge in [-0.1, -0.05) is 30.0 Å². The second-order valence-electron chi connectivity index (χ2n) is 6.90. The number of esters is 1. The van der Waals surface area contributed by atoms with E-state index in [1.165, 1.54) is 0 Å². The number of para-hydroxylation sites is 1. The van der Waals surface area contributed by atoms with Crippen LogP contribution in [0.2, 0.25) is 0 Å². The minimum Gasteiger partial charge on any atom is -0.462 e. The van der Waals surface area contributed by atoms with Crippen LogP contribution < -0.4 is 10.9 Å². The molecule has 1 aromatic heterocycles. The van der Waals surface area contributed by atoms with Gasteiger partial charge in [-0.3, -0.25) is 9.59 Å². The summed E-state index contributed by atoms with van der Waals surface area (Å²) in [6, 6.07) is 14.9. The number of rotatable bonds is 6. The monoisotopic (exact) mass is 450 g/mol. The standard InChI is InChI=1S/C23H18N2O6S/c1-2-30-22(28)13-7-9-15(10-8-13)24-19(26)12-18-20(27)25-21(32-18)16-11-14-5-3-4-6-17(14)31-23(16)29/h3-11,18H,2,12H2,1H3,(H,24,26)/t18-/m0/s1. The van der Waals surface area contributed by atoms with E-state index in [0.717, 1.165) is 11.8 Å². The number of fused-ring (bicyclic) bond motifs is 1. The number of ether oxygens (including phenoxy) is 1. The Bertz CT molecular complexity index is 1300. The Balaban J connectivity index is 1.41. The maximum atomic E-state index is 12.4. The number of nitrogens with zero attached hydrogens (tertiary/aromatic N) is 1. The molecular formula is C23H18N2O6S. The predicted molar refractivity (Wildman–Crippen MR) is 121 cm³/mol. The van der Waals surface area contributed by atoms with Crippen molar-refractivity contribution in [2.75, 3.05) is 11.9 Å². The number of carbonyl (C=O) groups is 3. The molecule has 0 fully saturated rings. The predicted octanol–water partition coefficient (Wildman–Crippen LogP) is 3.39. The van der Waals surface area contributed by atoms with E-state index in [1.807, 2.05) is 6.07 Å². The fraction of sp³-hybridized carbons (Fsp3) is 0.174. The highest BCUT2D eigenvalue weighted by molar-refractivity contribution is 8.16. The molecule has 9 heteroatoms. The first-order chi connectivity index (χ1) is 15.4. The number of amides is 2. The van der Waals surface area contributed by atoms with E-state index < -0.39 is 22.8 Å². The normalized spacial score (nSPS) is 15.5. The summed E-state index contributed by atoms with van der Waals surface area (Å²) in [6.45, 7) is 1.99. The van der Waals surface area contributed by atoms with Crippen molar-refractivity contribution in [3.05, 3.63) is 76.1 Å². The van der Waals surface area contributed by atoms with E-state index in [0.29, 0.717) is 22.2 Å². The highest BCUT2D eigenvalue weighted by atomic mass is 32.2. The average Bonchev–Trinajstić information content (AvgIpc) is 3.13. The molecule has 0 saturated carbocycles. The molecule has 1 aliphatic heterocycles. The van der Waals surface area contributed by atoms with Gasteiger partial charge in [0.2, 0.25) is 5.91 Å². The van der Waals surface area contributed by atoms with Crippen LogP contribution in [0.15, 0.2) is 68.8 Å². The highest BCUT2D eigenvalue weighted by Gasteiger charge is 2.32. The molecule has 0 unspecified atom stereocenters. The summed E-state index contributed by atoms with van der Waals surface area (Å²) in [5, 5.41) is 2.90. The minimum absolute atomic E-state index is 0.116. The minimum atomic E-state index is -0.741. The molecule has 2 amide bonds. The second-order valence-corrected chi connectivity index (χ2v) is 8.09. The van der Waals surface area contributed by atoms with Crippen molar-refractivity contribution in [2.45, 2.75) is 18.6 Å². The lowest BCUT2D eigenvalue weighted by molar-refractivity contribution is -0.121. The molecule has 0 spiro atoms. The largest absolute Gasteiger partial charge is 0.462 e. The molecule has 162 valence electrons. The summed E-state index contributed by atoms with van der Waals surface area (Å²) < 4.78 is 10.2. The first-order valence-corrected chi connectivity index (χ1v) is 10.7. The number of hydrogen-bond donors (Lipinski definition) is 1. The van der Waals surface area contributed by atoms with Crippen molar-refractivity contribution in [3.63, 3.8) is 0 Å². The molecule has 0 bridgehead atoms. The zero-order chi connectivity index (χ0) is 22.7. The molecular weight excluding hydrogens is 432 g/mol. The van der Waals surface area contributed by atoms with E-state index in [2.05, 4.69) is 10.3 Å². The van der Waals surface area contributed by atoms with E-state index in [1.54, 1.807) is 55.5 Å². The van der Waals surface area contributed by atoms with Crippen molar-refractivity contribution in [3.8, 4) is 0 Å². The van der Waals surface area contributed by atoms with Gasteiger partial charge in [0.1, 0.15) is 15.9 Å². The molecule has 0 aliphatic carbocycles. The zero-order valence-corrected chi connectivity index (χ0v) is 17.8. The number of nitrogens with one attached hydrogen (secondary N) is 1. The van der Waals surface area contributed by atoms with Crippen molar-refractivity contribution < 1.29 is 23.5 Å². The first kappa shape index (κ1) is 21.5. The zero-order valence-electron chi connectivity index (χ0n) is 17.0. The number of carbonyl (C=O) groups excluding carboxylic acids is 3. The fourth-order valence-electron chi connectivity index (χ4n) is 3.13. The molecule has 3 aromatic rings. The van der Waals surface area contributed by atoms with Gasteiger partial charge in [-0.2, -0.15) is 0 Å². The van der Waals surface area contributed by atoms with Gasteiger partial charge in [0.05, 0.1) is 17.7 Å². The van der Waals surface area contributed by atoms with Crippen LogP contribution in [-0.2, 0) is 14.3 Å². The van der Waals surface area contributed by atoms with Gasteiger partial charge in [-0.25, -0.2) is 14.6 Å². The molecule has 2 heterocycles. The SMILES string of the molecule is CCOC(=O)c1ccc(NC(=O)C[C@@H]2SC(c3cc4ccccc4oc3=O)=NC2=O)cc1. The summed E-state index contributed by atoms with van der Waals surface area (Å²) in [7, 11) is 0. The summed E-state index contributed by atoms with van der Waals surface area (Å²) in [4.78, 5) is 52.7. The van der Waals surface area contributed by atoms with Gasteiger partial charge in [0.15, 0.2) is 0 Å². The summed E-state index contributed by atoms with van der Waals surface area (Å²) in [5.74, 6) is -1.31. The number of anilines is 1. The molecule has 1 N–H and O–H groups in total. The maximum absolute atomic E-state index is 12.4. The number of aliphatic imine (C=N–C) groups is 1. The van der Waals surface area contributed by atoms with Crippen LogP contribution in [0.5, 0.6) is 0 Å². The molecule has 2 aromatic carbocycles. The molecule has 4 rings (SSSR count). The molecule has 0 saturated heterocycles. The highest BCUT2D eigenvalue weighted by Crippen LogP contribution is 2.29. The maximum Gasteiger partial charge on any atom is 0.346 e. The Morgan fingerprint density at radius 3 is 2.62 bits per heavy atom. The second kappa shape index (κ2) is 9.19. The fourth-order valence-corrected chi connectivity index (χ4v) is 4.20. The third-order valence-corrected chi connectivity index (χ3v) is 5.85. The molecule has 8 nitrogen and oxygen atoms in total. The molecule has 0 radical (unpaired) electrons. The smallest absolute Gasteiger partial charge is 0.346 e. The summed E-state index contributed by atoms with van der Waals surface area (Å²) in [6.07, 6.45) is -0.116. The van der Waals surface area contributed by atoms with E-state index >= 15 is 0 Å². The molecule has 1 atom stereocenters. The topological polar surface area (TPSA) is 115 Å². The van der Waals surface area contributed by atoms with Crippen molar-refractivity contribution in [1.82, 2.24) is 0 Å². The van der Waals surface area contributed by atoms with Gasteiger partial charge >= 0.3 is 11.6 Å². The van der Waals surface area contributed by atoms with Gasteiger partial charge in [0.25, 0.3) is 5.91 Å². The lowest BCUT2D eigenvalue weighted by Gasteiger charge is -2.09. The van der Waals surface area contributed by atoms with Crippen LogP contribution in [0.25, 0.3) is 11.0 Å². The van der Waals surface area contributed by atoms with E-state index in [9.17, 15) is 19.2 Å². The van der Waals surface area contributed by atoms with Crippen LogP contribution in [0.1, 0.15) is 29.3 Å². The summed E-state index contributed by atoms with van der Waals surface area (Å²) in [5.41, 5.74) is 0.906. The van der Waals surface area contributed by atoms with Crippen molar-refractivity contribution in [2.24, 2.45) is 4.99 Å². The van der Waals surface area contributed by atoms with Crippen LogP contribution >= 0.6 is 11.8 Å². The quantitative estimate of drug-likeness (QED) is 0.452. The number of thioether (sulfide) groups is 1. The lowest BCUT2D eigenvalue weighted by atomic mass is 10.2. The van der Waals surface area contributed by atoms with Crippen LogP contribution in [-0.4, -0.2) is 34.7 Å². The third-order valence-electron chi connectivity index (χ3n) is 4.66. The Morgan fingerprint density at radius 2 is 1.88 bits per heavy atom.